The van der Waals surface area contributed by atoms with Crippen LogP contribution in [0.1, 0.15) is 37.0 Å². The van der Waals surface area contributed by atoms with E-state index in [2.05, 4.69) is 0 Å². The summed E-state index contributed by atoms with van der Waals surface area (Å²) in [5.74, 6) is -0.615. The Labute approximate surface area is 94.5 Å². The maximum absolute atomic E-state index is 12.7. The Morgan fingerprint density at radius 1 is 1.19 bits per heavy atom. The van der Waals surface area contributed by atoms with Crippen molar-refractivity contribution in [1.29, 1.82) is 0 Å². The lowest BCUT2D eigenvalue weighted by molar-refractivity contribution is -0.115. The molecule has 0 spiro atoms. The topological polar surface area (TPSA) is 34.1 Å². The van der Waals surface area contributed by atoms with Crippen LogP contribution in [0.5, 0.6) is 0 Å². The first kappa shape index (κ1) is 12.6. The second kappa shape index (κ2) is 5.54. The van der Waals surface area contributed by atoms with E-state index in [1.54, 1.807) is 0 Å². The molecule has 16 heavy (non-hydrogen) atoms. The van der Waals surface area contributed by atoms with Crippen LogP contribution in [-0.4, -0.2) is 11.6 Å². The van der Waals surface area contributed by atoms with Gasteiger partial charge in [0.1, 0.15) is 17.5 Å². The summed E-state index contributed by atoms with van der Waals surface area (Å²) < 4.78 is 12.7. The molecule has 0 N–H and O–H groups in total. The Morgan fingerprint density at radius 2 is 1.75 bits per heavy atom. The first-order valence-corrected chi connectivity index (χ1v) is 5.23. The summed E-state index contributed by atoms with van der Waals surface area (Å²) in [6, 6.07) is 5.24. The minimum atomic E-state index is -0.392. The highest BCUT2D eigenvalue weighted by Gasteiger charge is 2.24. The quantitative estimate of drug-likeness (QED) is 0.565. The number of rotatable bonds is 5. The van der Waals surface area contributed by atoms with Gasteiger partial charge in [-0.1, -0.05) is 13.3 Å². The molecule has 0 bridgehead atoms. The largest absolute Gasteiger partial charge is 0.299 e. The Bertz CT molecular complexity index is 381. The Kier molecular flexibility index (Phi) is 4.35. The van der Waals surface area contributed by atoms with Crippen LogP contribution in [0.4, 0.5) is 4.39 Å². The summed E-state index contributed by atoms with van der Waals surface area (Å²) in [7, 11) is 0. The summed E-state index contributed by atoms with van der Waals surface area (Å²) in [4.78, 5) is 23.2. The van der Waals surface area contributed by atoms with E-state index in [0.29, 0.717) is 12.0 Å². The fourth-order valence-electron chi connectivity index (χ4n) is 1.47. The molecule has 85 valence electrons. The minimum absolute atomic E-state index is 0.212. The number of ketones is 2. The summed E-state index contributed by atoms with van der Waals surface area (Å²) in [5, 5.41) is 0. The van der Waals surface area contributed by atoms with Crippen molar-refractivity contribution in [3.05, 3.63) is 41.6 Å². The summed E-state index contributed by atoms with van der Waals surface area (Å²) in [6.45, 7) is 3.29. The molecule has 2 nitrogen and oxygen atoms in total. The number of carbonyl (C=O) groups excluding carboxylic acids is 2. The van der Waals surface area contributed by atoms with Crippen LogP contribution in [0, 0.1) is 11.7 Å². The highest BCUT2D eigenvalue weighted by molar-refractivity contribution is 6.22. The Balaban J connectivity index is 2.90. The predicted octanol–water partition coefficient (Wildman–Crippen LogP) is 2.97. The second-order valence-corrected chi connectivity index (χ2v) is 3.62. The average Bonchev–Trinajstić information content (AvgIpc) is 2.25. The van der Waals surface area contributed by atoms with E-state index < -0.39 is 5.82 Å². The van der Waals surface area contributed by atoms with Gasteiger partial charge in [0.05, 0.1) is 0 Å². The van der Waals surface area contributed by atoms with Gasteiger partial charge in [-0.3, -0.25) is 9.59 Å². The number of Topliss-reactive ketones (excluding diaryl/α,β-unsaturated/α-hetero) is 2. The second-order valence-electron chi connectivity index (χ2n) is 3.62. The maximum Gasteiger partial charge on any atom is 0.177 e. The number of hydrogen-bond donors (Lipinski definition) is 0. The first-order chi connectivity index (χ1) is 7.56. The van der Waals surface area contributed by atoms with Gasteiger partial charge < -0.3 is 0 Å². The molecular formula is C13H14FO2. The monoisotopic (exact) mass is 221 g/mol. The zero-order valence-corrected chi connectivity index (χ0v) is 9.42. The lowest BCUT2D eigenvalue weighted by atomic mass is 9.90. The fourth-order valence-corrected chi connectivity index (χ4v) is 1.47. The van der Waals surface area contributed by atoms with E-state index >= 15 is 0 Å². The van der Waals surface area contributed by atoms with Crippen molar-refractivity contribution < 1.29 is 14.0 Å². The van der Waals surface area contributed by atoms with Crippen molar-refractivity contribution in [2.45, 2.75) is 26.7 Å². The lowest BCUT2D eigenvalue weighted by Crippen LogP contribution is -2.19. The third kappa shape index (κ3) is 2.99. The number of benzene rings is 1. The van der Waals surface area contributed by atoms with E-state index in [-0.39, 0.29) is 17.5 Å². The van der Waals surface area contributed by atoms with Gasteiger partial charge in [0.15, 0.2) is 5.78 Å². The van der Waals surface area contributed by atoms with Gasteiger partial charge in [0.2, 0.25) is 0 Å². The van der Waals surface area contributed by atoms with E-state index in [1.807, 2.05) is 6.92 Å². The van der Waals surface area contributed by atoms with Crippen molar-refractivity contribution in [2.24, 2.45) is 0 Å². The summed E-state index contributed by atoms with van der Waals surface area (Å²) >= 11 is 0. The van der Waals surface area contributed by atoms with Crippen molar-refractivity contribution in [3.63, 3.8) is 0 Å². The molecule has 0 unspecified atom stereocenters. The fraction of sp³-hybridized carbons (Fsp3) is 0.308. The SMILES string of the molecule is CCC[C](C(C)=O)C(=O)c1ccc(F)cc1. The van der Waals surface area contributed by atoms with E-state index in [1.165, 1.54) is 31.2 Å². The molecule has 3 heteroatoms. The van der Waals surface area contributed by atoms with Crippen molar-refractivity contribution in [2.75, 3.05) is 0 Å². The Hall–Kier alpha value is -1.51. The average molecular weight is 221 g/mol. The molecule has 0 fully saturated rings. The molecule has 1 rings (SSSR count). The zero-order chi connectivity index (χ0) is 12.1. The van der Waals surface area contributed by atoms with Crippen molar-refractivity contribution >= 4 is 11.6 Å². The van der Waals surface area contributed by atoms with Crippen LogP contribution in [0.25, 0.3) is 0 Å². The summed E-state index contributed by atoms with van der Waals surface area (Å²) in [6.07, 6.45) is 1.20. The van der Waals surface area contributed by atoms with Gasteiger partial charge in [0, 0.05) is 5.56 Å². The molecule has 1 aromatic carbocycles. The highest BCUT2D eigenvalue weighted by atomic mass is 19.1. The normalized spacial score (nSPS) is 10.5. The van der Waals surface area contributed by atoms with Gasteiger partial charge >= 0.3 is 0 Å². The molecule has 1 radical (unpaired) electrons. The molecule has 0 saturated heterocycles. The van der Waals surface area contributed by atoms with E-state index in [9.17, 15) is 14.0 Å². The smallest absolute Gasteiger partial charge is 0.177 e. The van der Waals surface area contributed by atoms with Crippen LogP contribution < -0.4 is 0 Å². The van der Waals surface area contributed by atoms with Gasteiger partial charge in [-0.2, -0.15) is 0 Å². The zero-order valence-electron chi connectivity index (χ0n) is 9.42. The van der Waals surface area contributed by atoms with Gasteiger partial charge in [0.25, 0.3) is 0 Å². The van der Waals surface area contributed by atoms with Crippen LogP contribution >= 0.6 is 0 Å². The summed E-state index contributed by atoms with van der Waals surface area (Å²) in [5.41, 5.74) is 0.361. The van der Waals surface area contributed by atoms with Crippen LogP contribution in [-0.2, 0) is 4.79 Å². The molecule has 0 atom stereocenters. The van der Waals surface area contributed by atoms with E-state index in [0.717, 1.165) is 6.42 Å². The molecule has 0 amide bonds. The maximum atomic E-state index is 12.7. The van der Waals surface area contributed by atoms with Gasteiger partial charge in [-0.25, -0.2) is 4.39 Å². The lowest BCUT2D eigenvalue weighted by Gasteiger charge is -2.10. The number of hydrogen-bond acceptors (Lipinski definition) is 2. The first-order valence-electron chi connectivity index (χ1n) is 5.23. The molecule has 0 saturated carbocycles. The molecule has 0 aliphatic rings. The minimum Gasteiger partial charge on any atom is -0.299 e. The molecule has 0 aliphatic heterocycles. The standard InChI is InChI=1S/C13H14FO2/c1-3-4-12(9(2)15)13(16)10-5-7-11(14)8-6-10/h5-8H,3-4H2,1-2H3. The number of halogens is 1. The van der Waals surface area contributed by atoms with Gasteiger partial charge in [-0.05, 0) is 37.6 Å². The molecule has 0 aromatic heterocycles. The Morgan fingerprint density at radius 3 is 2.19 bits per heavy atom. The van der Waals surface area contributed by atoms with Crippen molar-refractivity contribution in [3.8, 4) is 0 Å². The molecular weight excluding hydrogens is 207 g/mol. The van der Waals surface area contributed by atoms with Crippen LogP contribution in [0.15, 0.2) is 24.3 Å². The van der Waals surface area contributed by atoms with Crippen LogP contribution in [0.3, 0.4) is 0 Å². The number of carbonyl (C=O) groups is 2. The molecule has 0 aliphatic carbocycles. The van der Waals surface area contributed by atoms with Crippen LogP contribution in [0.2, 0.25) is 0 Å². The van der Waals surface area contributed by atoms with E-state index in [4.69, 9.17) is 0 Å². The van der Waals surface area contributed by atoms with Crippen molar-refractivity contribution in [1.82, 2.24) is 0 Å². The predicted molar refractivity (Wildman–Crippen MR) is 59.6 cm³/mol. The molecule has 1 aromatic rings. The third-order valence-corrected chi connectivity index (χ3v) is 2.31. The highest BCUT2D eigenvalue weighted by Crippen LogP contribution is 2.17. The third-order valence-electron chi connectivity index (χ3n) is 2.31. The van der Waals surface area contributed by atoms with Gasteiger partial charge in [-0.15, -0.1) is 0 Å². The molecule has 0 heterocycles.